The molecule has 0 radical (unpaired) electrons. The van der Waals surface area contributed by atoms with Gasteiger partial charge in [0.2, 0.25) is 0 Å². The first kappa shape index (κ1) is 17.2. The lowest BCUT2D eigenvalue weighted by Gasteiger charge is -2.11. The van der Waals surface area contributed by atoms with E-state index >= 15 is 0 Å². The highest BCUT2D eigenvalue weighted by Gasteiger charge is 2.22. The van der Waals surface area contributed by atoms with Crippen molar-refractivity contribution < 1.29 is 19.4 Å². The first-order valence-corrected chi connectivity index (χ1v) is 7.33. The lowest BCUT2D eigenvalue weighted by atomic mass is 9.94. The summed E-state index contributed by atoms with van der Waals surface area (Å²) in [5.41, 5.74) is 1.67. The zero-order chi connectivity index (χ0) is 17.9. The summed E-state index contributed by atoms with van der Waals surface area (Å²) in [6.45, 7) is 3.44. The van der Waals surface area contributed by atoms with Crippen molar-refractivity contribution in [3.05, 3.63) is 58.1 Å². The van der Waals surface area contributed by atoms with E-state index in [0.29, 0.717) is 22.4 Å². The highest BCUT2D eigenvalue weighted by atomic mass is 16.5. The van der Waals surface area contributed by atoms with E-state index in [4.69, 9.17) is 10.00 Å². The zero-order valence-electron chi connectivity index (χ0n) is 13.7. The molecular formula is C19H17NO4. The van der Waals surface area contributed by atoms with E-state index in [9.17, 15) is 14.7 Å². The van der Waals surface area contributed by atoms with Gasteiger partial charge in [0.05, 0.1) is 30.2 Å². The van der Waals surface area contributed by atoms with Gasteiger partial charge in [0, 0.05) is 0 Å². The van der Waals surface area contributed by atoms with Crippen LogP contribution in [0.2, 0.25) is 0 Å². The standard InChI is InChI=1S/C19H17NO4/c1-11-8-14(19(23)15(10-20)12(11)2)17(22)9-16(21)13-6-4-5-7-18(13)24-3/h4-8,23H,9H2,1-3H3. The van der Waals surface area contributed by atoms with E-state index in [0.717, 1.165) is 0 Å². The molecule has 0 aliphatic carbocycles. The Hall–Kier alpha value is -3.13. The maximum Gasteiger partial charge on any atom is 0.174 e. The molecule has 0 saturated heterocycles. The van der Waals surface area contributed by atoms with Gasteiger partial charge in [0.15, 0.2) is 11.6 Å². The van der Waals surface area contributed by atoms with Crippen molar-refractivity contribution in [2.24, 2.45) is 0 Å². The van der Waals surface area contributed by atoms with Gasteiger partial charge in [-0.3, -0.25) is 9.59 Å². The van der Waals surface area contributed by atoms with Crippen LogP contribution < -0.4 is 4.74 Å². The normalized spacial score (nSPS) is 10.1. The van der Waals surface area contributed by atoms with Crippen molar-refractivity contribution in [1.29, 1.82) is 5.26 Å². The Bertz CT molecular complexity index is 862. The number of nitriles is 1. The number of ether oxygens (including phenoxy) is 1. The van der Waals surface area contributed by atoms with Gasteiger partial charge in [-0.25, -0.2) is 0 Å². The largest absolute Gasteiger partial charge is 0.506 e. The summed E-state index contributed by atoms with van der Waals surface area (Å²) in [6, 6.07) is 10.0. The number of nitrogens with zero attached hydrogens (tertiary/aromatic N) is 1. The monoisotopic (exact) mass is 323 g/mol. The second-order valence-electron chi connectivity index (χ2n) is 5.42. The van der Waals surface area contributed by atoms with Crippen molar-refractivity contribution in [1.82, 2.24) is 0 Å². The molecule has 2 aromatic carbocycles. The zero-order valence-corrected chi connectivity index (χ0v) is 13.7. The second-order valence-corrected chi connectivity index (χ2v) is 5.42. The smallest absolute Gasteiger partial charge is 0.174 e. The predicted molar refractivity (Wildman–Crippen MR) is 88.6 cm³/mol. The number of para-hydroxylation sites is 1. The van der Waals surface area contributed by atoms with Gasteiger partial charge in [0.1, 0.15) is 17.6 Å². The first-order chi connectivity index (χ1) is 11.4. The lowest BCUT2D eigenvalue weighted by Crippen LogP contribution is -2.11. The number of ketones is 2. The lowest BCUT2D eigenvalue weighted by molar-refractivity contribution is 0.0891. The molecule has 0 aliphatic heterocycles. The molecule has 0 atom stereocenters. The Morgan fingerprint density at radius 3 is 2.42 bits per heavy atom. The van der Waals surface area contributed by atoms with Crippen LogP contribution in [0.4, 0.5) is 0 Å². The molecule has 0 bridgehead atoms. The number of hydrogen-bond acceptors (Lipinski definition) is 5. The molecular weight excluding hydrogens is 306 g/mol. The Morgan fingerprint density at radius 1 is 1.17 bits per heavy atom. The number of Topliss-reactive ketones (excluding diaryl/α,β-unsaturated/α-hetero) is 2. The van der Waals surface area contributed by atoms with Crippen LogP contribution in [0.25, 0.3) is 0 Å². The van der Waals surface area contributed by atoms with E-state index < -0.39 is 18.0 Å². The number of phenolic OH excluding ortho intramolecular Hbond substituents is 1. The Balaban J connectivity index is 2.36. The number of rotatable bonds is 5. The summed E-state index contributed by atoms with van der Waals surface area (Å²) in [5, 5.41) is 19.3. The third-order valence-electron chi connectivity index (χ3n) is 3.96. The van der Waals surface area contributed by atoms with Crippen LogP contribution in [0.15, 0.2) is 30.3 Å². The Labute approximate surface area is 140 Å². The topological polar surface area (TPSA) is 87.4 Å². The molecule has 0 aliphatic rings. The van der Waals surface area contributed by atoms with Crippen molar-refractivity contribution in [2.45, 2.75) is 20.3 Å². The number of methoxy groups -OCH3 is 1. The Kier molecular flexibility index (Phi) is 5.00. The van der Waals surface area contributed by atoms with E-state index in [1.54, 1.807) is 38.1 Å². The molecule has 0 amide bonds. The number of hydrogen-bond donors (Lipinski definition) is 1. The maximum absolute atomic E-state index is 12.4. The molecule has 0 fully saturated rings. The molecule has 0 heterocycles. The Morgan fingerprint density at radius 2 is 1.79 bits per heavy atom. The van der Waals surface area contributed by atoms with Gasteiger partial charge in [-0.05, 0) is 43.2 Å². The summed E-state index contributed by atoms with van der Waals surface area (Å²) in [6.07, 6.45) is -0.415. The number of aryl methyl sites for hydroxylation is 1. The minimum absolute atomic E-state index is 0.0158. The molecule has 5 heteroatoms. The molecule has 0 aromatic heterocycles. The minimum Gasteiger partial charge on any atom is -0.506 e. The van der Waals surface area contributed by atoms with Crippen LogP contribution in [0.1, 0.15) is 43.8 Å². The van der Waals surface area contributed by atoms with Crippen molar-refractivity contribution in [3.63, 3.8) is 0 Å². The van der Waals surface area contributed by atoms with Gasteiger partial charge in [-0.2, -0.15) is 5.26 Å². The van der Waals surface area contributed by atoms with E-state index in [2.05, 4.69) is 0 Å². The molecule has 2 aromatic rings. The summed E-state index contributed by atoms with van der Waals surface area (Å²) >= 11 is 0. The number of aromatic hydroxyl groups is 1. The number of phenols is 1. The fourth-order valence-electron chi connectivity index (χ4n) is 2.46. The van der Waals surface area contributed by atoms with Gasteiger partial charge >= 0.3 is 0 Å². The summed E-state index contributed by atoms with van der Waals surface area (Å²) in [7, 11) is 1.45. The maximum atomic E-state index is 12.4. The molecule has 1 N–H and O–H groups in total. The molecule has 0 saturated carbocycles. The van der Waals surface area contributed by atoms with Crippen molar-refractivity contribution in [3.8, 4) is 17.6 Å². The molecule has 5 nitrogen and oxygen atoms in total. The van der Waals surface area contributed by atoms with Gasteiger partial charge in [-0.1, -0.05) is 12.1 Å². The van der Waals surface area contributed by atoms with Gasteiger partial charge in [0.25, 0.3) is 0 Å². The molecule has 0 spiro atoms. The van der Waals surface area contributed by atoms with Crippen LogP contribution >= 0.6 is 0 Å². The quantitative estimate of drug-likeness (QED) is 0.673. The number of benzene rings is 2. The van der Waals surface area contributed by atoms with E-state index in [-0.39, 0.29) is 16.9 Å². The molecule has 122 valence electrons. The van der Waals surface area contributed by atoms with Crippen LogP contribution in [0.3, 0.4) is 0 Å². The van der Waals surface area contributed by atoms with Crippen LogP contribution in [-0.2, 0) is 0 Å². The van der Waals surface area contributed by atoms with Gasteiger partial charge < -0.3 is 9.84 Å². The number of carbonyl (C=O) groups excluding carboxylic acids is 2. The number of carbonyl (C=O) groups is 2. The van der Waals surface area contributed by atoms with Crippen LogP contribution in [-0.4, -0.2) is 23.8 Å². The third kappa shape index (κ3) is 3.13. The fraction of sp³-hybridized carbons (Fsp3) is 0.211. The first-order valence-electron chi connectivity index (χ1n) is 7.33. The van der Waals surface area contributed by atoms with Crippen molar-refractivity contribution in [2.75, 3.05) is 7.11 Å². The second kappa shape index (κ2) is 6.97. The molecule has 0 unspecified atom stereocenters. The highest BCUT2D eigenvalue weighted by molar-refractivity contribution is 6.15. The molecule has 24 heavy (non-hydrogen) atoms. The van der Waals surface area contributed by atoms with E-state index in [1.807, 2.05) is 6.07 Å². The SMILES string of the molecule is COc1ccccc1C(=O)CC(=O)c1cc(C)c(C)c(C#N)c1O. The third-order valence-corrected chi connectivity index (χ3v) is 3.96. The van der Waals surface area contributed by atoms with Gasteiger partial charge in [-0.15, -0.1) is 0 Å². The van der Waals surface area contributed by atoms with E-state index in [1.165, 1.54) is 13.2 Å². The fourth-order valence-corrected chi connectivity index (χ4v) is 2.46. The predicted octanol–water partition coefficient (Wildman–Crippen LogP) is 3.35. The summed E-state index contributed by atoms with van der Waals surface area (Å²) < 4.78 is 5.12. The molecule has 2 rings (SSSR count). The summed E-state index contributed by atoms with van der Waals surface area (Å²) in [5.74, 6) is -0.938. The minimum atomic E-state index is -0.539. The average molecular weight is 323 g/mol. The summed E-state index contributed by atoms with van der Waals surface area (Å²) in [4.78, 5) is 24.8. The van der Waals surface area contributed by atoms with Crippen LogP contribution in [0.5, 0.6) is 11.5 Å². The van der Waals surface area contributed by atoms with Crippen LogP contribution in [0, 0.1) is 25.2 Å². The van der Waals surface area contributed by atoms with Crippen molar-refractivity contribution >= 4 is 11.6 Å². The highest BCUT2D eigenvalue weighted by Crippen LogP contribution is 2.29. The average Bonchev–Trinajstić information content (AvgIpc) is 2.58.